The third-order valence-electron chi connectivity index (χ3n) is 2.36. The number of halogens is 1. The van der Waals surface area contributed by atoms with Gasteiger partial charge in [-0.15, -0.1) is 0 Å². The van der Waals surface area contributed by atoms with Gasteiger partial charge in [0.05, 0.1) is 19.3 Å². The highest BCUT2D eigenvalue weighted by atomic mass is 127. The molecule has 0 bridgehead atoms. The molecule has 5 nitrogen and oxygen atoms in total. The minimum atomic E-state index is 0.193. The van der Waals surface area contributed by atoms with Gasteiger partial charge in [-0.05, 0) is 22.6 Å². The van der Waals surface area contributed by atoms with Gasteiger partial charge in [-0.25, -0.2) is 9.97 Å². The van der Waals surface area contributed by atoms with E-state index in [-0.39, 0.29) is 6.04 Å². The minimum absolute atomic E-state index is 0.193. The van der Waals surface area contributed by atoms with Gasteiger partial charge in [0.15, 0.2) is 0 Å². The first-order valence-electron chi connectivity index (χ1n) is 4.83. The van der Waals surface area contributed by atoms with Crippen molar-refractivity contribution >= 4 is 28.5 Å². The number of anilines is 1. The third-order valence-corrected chi connectivity index (χ3v) is 2.92. The van der Waals surface area contributed by atoms with Crippen LogP contribution in [0, 0.1) is 3.57 Å². The molecule has 0 saturated carbocycles. The van der Waals surface area contributed by atoms with Crippen molar-refractivity contribution in [3.05, 3.63) is 16.0 Å². The summed E-state index contributed by atoms with van der Waals surface area (Å²) >= 11 is 2.19. The quantitative estimate of drug-likeness (QED) is 0.791. The smallest absolute Gasteiger partial charge is 0.225 e. The van der Waals surface area contributed by atoms with Crippen LogP contribution in [0.5, 0.6) is 0 Å². The highest BCUT2D eigenvalue weighted by molar-refractivity contribution is 14.1. The maximum Gasteiger partial charge on any atom is 0.225 e. The first-order valence-corrected chi connectivity index (χ1v) is 5.91. The zero-order valence-corrected chi connectivity index (χ0v) is 10.4. The fraction of sp³-hybridized carbons (Fsp3) is 0.556. The average Bonchev–Trinajstić information content (AvgIpc) is 2.30. The molecule has 1 aliphatic rings. The van der Waals surface area contributed by atoms with E-state index in [1.165, 1.54) is 0 Å². The second-order valence-electron chi connectivity index (χ2n) is 3.36. The van der Waals surface area contributed by atoms with Crippen LogP contribution in [0.25, 0.3) is 0 Å². The molecule has 0 aromatic carbocycles. The van der Waals surface area contributed by atoms with E-state index in [0.29, 0.717) is 19.8 Å². The lowest BCUT2D eigenvalue weighted by molar-refractivity contribution is 0.0954. The molecule has 1 unspecified atom stereocenters. The molecular formula is C9H13IN4O. The molecule has 2 rings (SSSR count). The maximum absolute atomic E-state index is 5.68. The van der Waals surface area contributed by atoms with Crippen LogP contribution in [0.15, 0.2) is 12.4 Å². The summed E-state index contributed by atoms with van der Waals surface area (Å²) in [5.74, 6) is 0.745. The topological polar surface area (TPSA) is 64.3 Å². The van der Waals surface area contributed by atoms with Crippen LogP contribution in [0.3, 0.4) is 0 Å². The Morgan fingerprint density at radius 1 is 1.53 bits per heavy atom. The SMILES string of the molecule is NCC1COCCN1c1ncc(I)cn1. The molecule has 0 radical (unpaired) electrons. The summed E-state index contributed by atoms with van der Waals surface area (Å²) in [5.41, 5.74) is 5.68. The molecule has 1 aromatic rings. The van der Waals surface area contributed by atoms with Crippen LogP contribution in [-0.4, -0.2) is 42.3 Å². The molecule has 82 valence electrons. The van der Waals surface area contributed by atoms with E-state index in [0.717, 1.165) is 16.1 Å². The number of ether oxygens (including phenoxy) is 1. The summed E-state index contributed by atoms with van der Waals surface area (Å²) in [6.45, 7) is 2.75. The van der Waals surface area contributed by atoms with E-state index >= 15 is 0 Å². The van der Waals surface area contributed by atoms with Crippen molar-refractivity contribution in [3.8, 4) is 0 Å². The van der Waals surface area contributed by atoms with E-state index in [4.69, 9.17) is 10.5 Å². The molecule has 2 heterocycles. The lowest BCUT2D eigenvalue weighted by Gasteiger charge is -2.34. The van der Waals surface area contributed by atoms with Gasteiger partial charge in [0.25, 0.3) is 0 Å². The first-order chi connectivity index (χ1) is 7.31. The molecule has 1 aromatic heterocycles. The lowest BCUT2D eigenvalue weighted by atomic mass is 10.2. The number of nitrogens with two attached hydrogens (primary N) is 1. The highest BCUT2D eigenvalue weighted by Crippen LogP contribution is 2.14. The van der Waals surface area contributed by atoms with E-state index in [1.807, 2.05) is 12.4 Å². The Labute approximate surface area is 102 Å². The molecule has 2 N–H and O–H groups in total. The fourth-order valence-electron chi connectivity index (χ4n) is 1.57. The number of hydrogen-bond acceptors (Lipinski definition) is 5. The zero-order chi connectivity index (χ0) is 10.7. The molecule has 0 spiro atoms. The van der Waals surface area contributed by atoms with Gasteiger partial charge in [0.1, 0.15) is 0 Å². The Kier molecular flexibility index (Phi) is 3.71. The largest absolute Gasteiger partial charge is 0.377 e. The molecule has 1 atom stereocenters. The van der Waals surface area contributed by atoms with Crippen molar-refractivity contribution in [2.45, 2.75) is 6.04 Å². The van der Waals surface area contributed by atoms with Gasteiger partial charge in [0.2, 0.25) is 5.95 Å². The second kappa shape index (κ2) is 5.04. The predicted octanol–water partition coefficient (Wildman–Crippen LogP) is 0.245. The molecule has 0 aliphatic carbocycles. The standard InChI is InChI=1S/C9H13IN4O/c10-7-4-12-9(13-5-7)14-1-2-15-6-8(14)3-11/h4-5,8H,1-3,6,11H2. The van der Waals surface area contributed by atoms with Gasteiger partial charge in [0, 0.05) is 29.1 Å². The van der Waals surface area contributed by atoms with Crippen molar-refractivity contribution in [2.24, 2.45) is 5.73 Å². The van der Waals surface area contributed by atoms with Crippen LogP contribution in [-0.2, 0) is 4.74 Å². The Balaban J connectivity index is 2.16. The molecule has 0 amide bonds. The van der Waals surface area contributed by atoms with Gasteiger partial charge < -0.3 is 15.4 Å². The number of nitrogens with zero attached hydrogens (tertiary/aromatic N) is 3. The molecule has 1 saturated heterocycles. The highest BCUT2D eigenvalue weighted by Gasteiger charge is 2.23. The molecule has 6 heteroatoms. The Hall–Kier alpha value is -0.470. The van der Waals surface area contributed by atoms with Crippen LogP contribution < -0.4 is 10.6 Å². The van der Waals surface area contributed by atoms with Crippen molar-refractivity contribution in [2.75, 3.05) is 31.2 Å². The van der Waals surface area contributed by atoms with Crippen LogP contribution >= 0.6 is 22.6 Å². The summed E-state index contributed by atoms with van der Waals surface area (Å²) in [4.78, 5) is 10.7. The zero-order valence-electron chi connectivity index (χ0n) is 8.27. The number of hydrogen-bond donors (Lipinski definition) is 1. The van der Waals surface area contributed by atoms with Gasteiger partial charge >= 0.3 is 0 Å². The normalized spacial score (nSPS) is 21.7. The molecule has 1 aliphatic heterocycles. The summed E-state index contributed by atoms with van der Waals surface area (Å²) in [5, 5.41) is 0. The van der Waals surface area contributed by atoms with Crippen molar-refractivity contribution in [1.29, 1.82) is 0 Å². The van der Waals surface area contributed by atoms with Crippen LogP contribution in [0.2, 0.25) is 0 Å². The first kappa shape index (κ1) is 11.0. The number of rotatable bonds is 2. The predicted molar refractivity (Wildman–Crippen MR) is 65.8 cm³/mol. The van der Waals surface area contributed by atoms with E-state index < -0.39 is 0 Å². The van der Waals surface area contributed by atoms with E-state index in [9.17, 15) is 0 Å². The minimum Gasteiger partial charge on any atom is -0.377 e. The van der Waals surface area contributed by atoms with Gasteiger partial charge in [-0.3, -0.25) is 0 Å². The lowest BCUT2D eigenvalue weighted by Crippen LogP contribution is -2.50. The second-order valence-corrected chi connectivity index (χ2v) is 4.60. The number of aromatic nitrogens is 2. The average molecular weight is 320 g/mol. The van der Waals surface area contributed by atoms with Gasteiger partial charge in [-0.2, -0.15) is 0 Å². The van der Waals surface area contributed by atoms with Crippen molar-refractivity contribution < 1.29 is 4.74 Å². The summed E-state index contributed by atoms with van der Waals surface area (Å²) in [6, 6.07) is 0.193. The Morgan fingerprint density at radius 2 is 2.27 bits per heavy atom. The number of morpholine rings is 1. The monoisotopic (exact) mass is 320 g/mol. The van der Waals surface area contributed by atoms with E-state index in [2.05, 4.69) is 37.5 Å². The van der Waals surface area contributed by atoms with Crippen LogP contribution in [0.4, 0.5) is 5.95 Å². The van der Waals surface area contributed by atoms with Crippen molar-refractivity contribution in [1.82, 2.24) is 9.97 Å². The van der Waals surface area contributed by atoms with Gasteiger partial charge in [-0.1, -0.05) is 0 Å². The molecule has 1 fully saturated rings. The maximum atomic E-state index is 5.68. The van der Waals surface area contributed by atoms with E-state index in [1.54, 1.807) is 0 Å². The summed E-state index contributed by atoms with van der Waals surface area (Å²) in [6.07, 6.45) is 3.62. The van der Waals surface area contributed by atoms with Crippen molar-refractivity contribution in [3.63, 3.8) is 0 Å². The van der Waals surface area contributed by atoms with Crippen LogP contribution in [0.1, 0.15) is 0 Å². The fourth-order valence-corrected chi connectivity index (χ4v) is 1.85. The Bertz CT molecular complexity index is 318. The molecular weight excluding hydrogens is 307 g/mol. The Morgan fingerprint density at radius 3 is 2.93 bits per heavy atom. The molecule has 15 heavy (non-hydrogen) atoms. The summed E-state index contributed by atoms with van der Waals surface area (Å²) < 4.78 is 6.41. The third kappa shape index (κ3) is 2.56. The summed E-state index contributed by atoms with van der Waals surface area (Å²) in [7, 11) is 0.